The van der Waals surface area contributed by atoms with Gasteiger partial charge in [0.1, 0.15) is 18.0 Å². The molecule has 8 nitrogen and oxygen atoms in total. The van der Waals surface area contributed by atoms with Crippen molar-refractivity contribution in [1.29, 1.82) is 0 Å². The Balaban J connectivity index is 1.84. The van der Waals surface area contributed by atoms with E-state index < -0.39 is 24.2 Å². The molecule has 3 aromatic rings. The van der Waals surface area contributed by atoms with Crippen molar-refractivity contribution in [3.8, 4) is 28.3 Å². The number of nitrogens with zero attached hydrogens (tertiary/aromatic N) is 2. The number of benzene rings is 1. The van der Waals surface area contributed by atoms with Crippen molar-refractivity contribution in [2.24, 2.45) is 0 Å². The van der Waals surface area contributed by atoms with Gasteiger partial charge in [0.15, 0.2) is 11.5 Å². The fourth-order valence-corrected chi connectivity index (χ4v) is 2.60. The number of carbonyl (C=O) groups is 2. The van der Waals surface area contributed by atoms with Crippen LogP contribution in [0.25, 0.3) is 22.6 Å². The average Bonchev–Trinajstić information content (AvgIpc) is 3.09. The third kappa shape index (κ3) is 3.89. The van der Waals surface area contributed by atoms with E-state index in [-0.39, 0.29) is 5.69 Å². The summed E-state index contributed by atoms with van der Waals surface area (Å²) in [6, 6.07) is 10.5. The summed E-state index contributed by atoms with van der Waals surface area (Å²) < 4.78 is 6.18. The van der Waals surface area contributed by atoms with Gasteiger partial charge in [-0.2, -0.15) is 0 Å². The van der Waals surface area contributed by atoms with Gasteiger partial charge < -0.3 is 20.1 Å². The van der Waals surface area contributed by atoms with Gasteiger partial charge in [-0.1, -0.05) is 33.2 Å². The molecule has 3 rings (SSSR count). The number of nitrogens with one attached hydrogen (secondary N) is 1. The predicted octanol–water partition coefficient (Wildman–Crippen LogP) is 2.69. The molecule has 0 unspecified atom stereocenters. The molecule has 3 N–H and O–H groups in total. The number of carbonyl (C=O) groups excluding carboxylic acids is 1. The first-order valence-corrected chi connectivity index (χ1v) is 8.15. The maximum Gasteiger partial charge on any atom is 0.322 e. The number of amides is 1. The van der Waals surface area contributed by atoms with E-state index in [1.165, 1.54) is 12.3 Å². The highest BCUT2D eigenvalue weighted by Gasteiger charge is 2.17. The molecular weight excluding hydrogens is 406 g/mol. The Morgan fingerprint density at radius 3 is 2.69 bits per heavy atom. The molecule has 0 spiro atoms. The first-order valence-electron chi connectivity index (χ1n) is 7.36. The van der Waals surface area contributed by atoms with Gasteiger partial charge in [0.25, 0.3) is 5.91 Å². The summed E-state index contributed by atoms with van der Waals surface area (Å²) in [4.78, 5) is 26.2. The lowest BCUT2D eigenvalue weighted by molar-refractivity contribution is -0.135. The molecule has 0 atom stereocenters. The van der Waals surface area contributed by atoms with E-state index in [1.807, 2.05) is 24.3 Å². The molecule has 26 heavy (non-hydrogen) atoms. The van der Waals surface area contributed by atoms with Crippen molar-refractivity contribution >= 4 is 27.8 Å². The van der Waals surface area contributed by atoms with Crippen molar-refractivity contribution in [3.05, 3.63) is 52.8 Å². The first-order chi connectivity index (χ1) is 12.4. The van der Waals surface area contributed by atoms with Gasteiger partial charge in [-0.3, -0.25) is 9.59 Å². The van der Waals surface area contributed by atoms with Crippen molar-refractivity contribution in [2.45, 2.75) is 0 Å². The number of carboxylic acids is 1. The molecule has 0 aliphatic heterocycles. The van der Waals surface area contributed by atoms with Crippen molar-refractivity contribution in [1.82, 2.24) is 15.5 Å². The Bertz CT molecular complexity index is 986. The lowest BCUT2D eigenvalue weighted by Crippen LogP contribution is -2.29. The zero-order chi connectivity index (χ0) is 18.7. The molecule has 9 heteroatoms. The molecule has 0 aliphatic carbocycles. The van der Waals surface area contributed by atoms with Crippen LogP contribution in [-0.2, 0) is 4.79 Å². The van der Waals surface area contributed by atoms with Crippen LogP contribution >= 0.6 is 15.9 Å². The Hall–Kier alpha value is -3.20. The number of hydrogen-bond acceptors (Lipinski definition) is 6. The third-order valence-corrected chi connectivity index (χ3v) is 3.89. The first kappa shape index (κ1) is 17.6. The average molecular weight is 418 g/mol. The second kappa shape index (κ2) is 7.36. The lowest BCUT2D eigenvalue weighted by atomic mass is 10.1. The quantitative estimate of drug-likeness (QED) is 0.582. The third-order valence-electron chi connectivity index (χ3n) is 3.40. The Kier molecular flexibility index (Phi) is 4.99. The molecule has 0 bridgehead atoms. The van der Waals surface area contributed by atoms with E-state index in [4.69, 9.17) is 9.63 Å². The molecule has 2 heterocycles. The van der Waals surface area contributed by atoms with Gasteiger partial charge in [0, 0.05) is 27.9 Å². The van der Waals surface area contributed by atoms with Gasteiger partial charge in [-0.05, 0) is 18.2 Å². The van der Waals surface area contributed by atoms with E-state index in [1.54, 1.807) is 6.07 Å². The molecule has 1 aromatic carbocycles. The zero-order valence-electron chi connectivity index (χ0n) is 13.1. The summed E-state index contributed by atoms with van der Waals surface area (Å²) in [5.74, 6) is -2.02. The molecule has 0 fully saturated rings. The van der Waals surface area contributed by atoms with Crippen LogP contribution in [-0.4, -0.2) is 38.8 Å². The normalized spacial score (nSPS) is 10.5. The largest absolute Gasteiger partial charge is 0.505 e. The smallest absolute Gasteiger partial charge is 0.322 e. The predicted molar refractivity (Wildman–Crippen MR) is 94.5 cm³/mol. The van der Waals surface area contributed by atoms with Crippen LogP contribution in [0.1, 0.15) is 10.5 Å². The fourth-order valence-electron chi connectivity index (χ4n) is 2.20. The van der Waals surface area contributed by atoms with Crippen LogP contribution in [0.3, 0.4) is 0 Å². The molecule has 0 radical (unpaired) electrons. The molecule has 1 amide bonds. The topological polar surface area (TPSA) is 126 Å². The van der Waals surface area contributed by atoms with E-state index in [0.717, 1.165) is 10.0 Å². The summed E-state index contributed by atoms with van der Waals surface area (Å²) in [6.45, 7) is -0.570. The second-order valence-electron chi connectivity index (χ2n) is 5.25. The fraction of sp³-hybridized carbons (Fsp3) is 0.0588. The highest BCUT2D eigenvalue weighted by Crippen LogP contribution is 2.29. The zero-order valence-corrected chi connectivity index (χ0v) is 14.7. The summed E-state index contributed by atoms with van der Waals surface area (Å²) in [5, 5.41) is 24.7. The number of aromatic hydroxyl groups is 1. The Morgan fingerprint density at radius 1 is 1.19 bits per heavy atom. The van der Waals surface area contributed by atoms with Crippen molar-refractivity contribution in [2.75, 3.05) is 6.54 Å². The minimum absolute atomic E-state index is 0.276. The molecule has 0 aliphatic rings. The maximum absolute atomic E-state index is 11.8. The minimum Gasteiger partial charge on any atom is -0.505 e. The summed E-state index contributed by atoms with van der Waals surface area (Å²) in [6.07, 6.45) is 1.33. The Labute approximate surface area is 155 Å². The van der Waals surface area contributed by atoms with Gasteiger partial charge in [-0.15, -0.1) is 0 Å². The SMILES string of the molecule is O=C(O)CNC(=O)c1ncc(-c2cc(-c3cccc(Br)c3)no2)cc1O. The summed E-state index contributed by atoms with van der Waals surface area (Å²) in [5.41, 5.74) is 1.59. The molecule has 0 saturated heterocycles. The monoisotopic (exact) mass is 417 g/mol. The van der Waals surface area contributed by atoms with E-state index in [0.29, 0.717) is 17.0 Å². The highest BCUT2D eigenvalue weighted by atomic mass is 79.9. The van der Waals surface area contributed by atoms with Crippen molar-refractivity contribution in [3.63, 3.8) is 0 Å². The Morgan fingerprint density at radius 2 is 2.00 bits per heavy atom. The molecule has 2 aromatic heterocycles. The van der Waals surface area contributed by atoms with Gasteiger partial charge in [0.2, 0.25) is 0 Å². The number of aliphatic carboxylic acids is 1. The lowest BCUT2D eigenvalue weighted by Gasteiger charge is -2.05. The summed E-state index contributed by atoms with van der Waals surface area (Å²) >= 11 is 3.39. The van der Waals surface area contributed by atoms with E-state index >= 15 is 0 Å². The summed E-state index contributed by atoms with van der Waals surface area (Å²) in [7, 11) is 0. The standard InChI is InChI=1S/C17H12BrN3O5/c18-11-3-1-2-9(4-11)12-6-14(26-21-12)10-5-13(22)16(19-7-10)17(25)20-8-15(23)24/h1-7,22H,8H2,(H,20,25)(H,23,24). The van der Waals surface area contributed by atoms with E-state index in [9.17, 15) is 14.7 Å². The van der Waals surface area contributed by atoms with Gasteiger partial charge >= 0.3 is 5.97 Å². The van der Waals surface area contributed by atoms with Gasteiger partial charge in [0.05, 0.1) is 0 Å². The highest BCUT2D eigenvalue weighted by molar-refractivity contribution is 9.10. The van der Waals surface area contributed by atoms with E-state index in [2.05, 4.69) is 31.4 Å². The van der Waals surface area contributed by atoms with Crippen LogP contribution in [0, 0.1) is 0 Å². The van der Waals surface area contributed by atoms with Crippen LogP contribution in [0.2, 0.25) is 0 Å². The molecular formula is C17H12BrN3O5. The number of hydrogen-bond donors (Lipinski definition) is 3. The molecule has 0 saturated carbocycles. The minimum atomic E-state index is -1.20. The van der Waals surface area contributed by atoms with Crippen LogP contribution in [0.5, 0.6) is 5.75 Å². The van der Waals surface area contributed by atoms with Crippen LogP contribution in [0.4, 0.5) is 0 Å². The number of rotatable bonds is 5. The second-order valence-corrected chi connectivity index (χ2v) is 6.17. The number of halogens is 1. The number of aromatic nitrogens is 2. The van der Waals surface area contributed by atoms with Crippen LogP contribution < -0.4 is 5.32 Å². The van der Waals surface area contributed by atoms with Crippen LogP contribution in [0.15, 0.2) is 51.6 Å². The number of pyridine rings is 1. The number of carboxylic acid groups (broad SMARTS) is 1. The maximum atomic E-state index is 11.8. The van der Waals surface area contributed by atoms with Gasteiger partial charge in [-0.25, -0.2) is 4.98 Å². The van der Waals surface area contributed by atoms with Crippen molar-refractivity contribution < 1.29 is 24.3 Å². The molecule has 132 valence electrons.